The minimum atomic E-state index is 0.899. The van der Waals surface area contributed by atoms with Gasteiger partial charge in [0.05, 0.1) is 0 Å². The number of fused-ring (bicyclic) bond motifs is 9. The van der Waals surface area contributed by atoms with Crippen LogP contribution in [0, 0.1) is 0 Å². The molecule has 272 valence electrons. The Balaban J connectivity index is 0.923. The molecule has 0 radical (unpaired) electrons. The van der Waals surface area contributed by atoms with Gasteiger partial charge in [-0.25, -0.2) is 0 Å². The van der Waals surface area contributed by atoms with Gasteiger partial charge in [-0.3, -0.25) is 0 Å². The van der Waals surface area contributed by atoms with Gasteiger partial charge in [0.25, 0.3) is 0 Å². The highest BCUT2D eigenvalue weighted by molar-refractivity contribution is 6.08. The summed E-state index contributed by atoms with van der Waals surface area (Å²) in [4.78, 5) is 2.32. The Labute approximate surface area is 333 Å². The summed E-state index contributed by atoms with van der Waals surface area (Å²) in [6.45, 7) is 0. The Hall–Kier alpha value is -7.82. The minimum Gasteiger partial charge on any atom is -0.456 e. The van der Waals surface area contributed by atoms with Gasteiger partial charge in [-0.1, -0.05) is 109 Å². The third kappa shape index (κ3) is 5.31. The van der Waals surface area contributed by atoms with Crippen molar-refractivity contribution in [2.45, 2.75) is 0 Å². The molecule has 12 rings (SSSR count). The average Bonchev–Trinajstić information content (AvgIpc) is 3.98. The second kappa shape index (κ2) is 12.9. The van der Waals surface area contributed by atoms with Crippen molar-refractivity contribution in [3.63, 3.8) is 0 Å². The fraction of sp³-hybridized carbons (Fsp3) is 0. The van der Waals surface area contributed by atoms with Gasteiger partial charge in [0.2, 0.25) is 0 Å². The Morgan fingerprint density at radius 1 is 0.224 bits per heavy atom. The molecule has 3 heterocycles. The van der Waals surface area contributed by atoms with Crippen LogP contribution in [0.2, 0.25) is 0 Å². The maximum atomic E-state index is 6.11. The van der Waals surface area contributed by atoms with E-state index >= 15 is 0 Å². The highest BCUT2D eigenvalue weighted by Crippen LogP contribution is 2.40. The number of anilines is 3. The summed E-state index contributed by atoms with van der Waals surface area (Å²) in [5.74, 6) is 0. The SMILES string of the molecule is c1ccc2c(c1)oc1ccc(-c3ccc(N(c4ccc(-c5ccc6oc7ccccc7c6c5)cc4)c4ccc(-c5ccc6oc7ccccc7c6c5)cc4)cc3)cc12. The number of para-hydroxylation sites is 3. The summed E-state index contributed by atoms with van der Waals surface area (Å²) in [7, 11) is 0. The molecule has 0 saturated heterocycles. The lowest BCUT2D eigenvalue weighted by molar-refractivity contribution is 0.668. The molecular formula is C54H33NO3. The van der Waals surface area contributed by atoms with Crippen LogP contribution < -0.4 is 4.90 Å². The van der Waals surface area contributed by atoms with Crippen LogP contribution in [0.5, 0.6) is 0 Å². The molecule has 0 amide bonds. The van der Waals surface area contributed by atoms with Gasteiger partial charge in [-0.05, 0) is 124 Å². The van der Waals surface area contributed by atoms with E-state index < -0.39 is 0 Å². The predicted octanol–water partition coefficient (Wildman–Crippen LogP) is 15.9. The van der Waals surface area contributed by atoms with E-state index in [0.717, 1.165) is 116 Å². The molecular weight excluding hydrogens is 711 g/mol. The second-order valence-electron chi connectivity index (χ2n) is 14.9. The van der Waals surface area contributed by atoms with Crippen molar-refractivity contribution in [1.82, 2.24) is 0 Å². The summed E-state index contributed by atoms with van der Waals surface area (Å²) in [5.41, 5.74) is 15.5. The molecule has 9 aromatic carbocycles. The van der Waals surface area contributed by atoms with Gasteiger partial charge in [0, 0.05) is 49.4 Å². The van der Waals surface area contributed by atoms with Crippen LogP contribution in [-0.4, -0.2) is 0 Å². The first-order valence-corrected chi connectivity index (χ1v) is 19.6. The van der Waals surface area contributed by atoms with Crippen molar-refractivity contribution in [3.05, 3.63) is 200 Å². The van der Waals surface area contributed by atoms with Crippen LogP contribution >= 0.6 is 0 Å². The van der Waals surface area contributed by atoms with Crippen LogP contribution in [0.1, 0.15) is 0 Å². The second-order valence-corrected chi connectivity index (χ2v) is 14.9. The lowest BCUT2D eigenvalue weighted by Crippen LogP contribution is -2.09. The molecule has 0 fully saturated rings. The number of benzene rings is 9. The first kappa shape index (κ1) is 32.4. The molecule has 58 heavy (non-hydrogen) atoms. The van der Waals surface area contributed by atoms with Gasteiger partial charge < -0.3 is 18.2 Å². The molecule has 0 bridgehead atoms. The first-order chi connectivity index (χ1) is 28.7. The molecule has 0 saturated carbocycles. The van der Waals surface area contributed by atoms with Gasteiger partial charge in [-0.2, -0.15) is 0 Å². The molecule has 0 atom stereocenters. The van der Waals surface area contributed by atoms with E-state index in [2.05, 4.69) is 169 Å². The normalized spacial score (nSPS) is 11.8. The molecule has 0 spiro atoms. The van der Waals surface area contributed by atoms with Crippen molar-refractivity contribution in [2.75, 3.05) is 4.90 Å². The van der Waals surface area contributed by atoms with Crippen LogP contribution in [0.3, 0.4) is 0 Å². The van der Waals surface area contributed by atoms with Crippen molar-refractivity contribution >= 4 is 82.9 Å². The summed E-state index contributed by atoms with van der Waals surface area (Å²) >= 11 is 0. The van der Waals surface area contributed by atoms with E-state index in [4.69, 9.17) is 13.3 Å². The summed E-state index contributed by atoms with van der Waals surface area (Å²) in [6.07, 6.45) is 0. The van der Waals surface area contributed by atoms with E-state index in [-0.39, 0.29) is 0 Å². The van der Waals surface area contributed by atoms with E-state index in [1.807, 2.05) is 36.4 Å². The van der Waals surface area contributed by atoms with Crippen LogP contribution in [0.25, 0.3) is 99.2 Å². The fourth-order valence-corrected chi connectivity index (χ4v) is 8.57. The Bertz CT molecular complexity index is 3120. The van der Waals surface area contributed by atoms with Crippen molar-refractivity contribution < 1.29 is 13.3 Å². The Morgan fingerprint density at radius 2 is 0.483 bits per heavy atom. The fourth-order valence-electron chi connectivity index (χ4n) is 8.57. The number of hydrogen-bond donors (Lipinski definition) is 0. The molecule has 0 unspecified atom stereocenters. The molecule has 0 aliphatic heterocycles. The third-order valence-electron chi connectivity index (χ3n) is 11.5. The minimum absolute atomic E-state index is 0.899. The van der Waals surface area contributed by atoms with E-state index in [1.165, 1.54) is 0 Å². The monoisotopic (exact) mass is 743 g/mol. The van der Waals surface area contributed by atoms with Gasteiger partial charge >= 0.3 is 0 Å². The molecule has 0 aliphatic carbocycles. The maximum absolute atomic E-state index is 6.11. The van der Waals surface area contributed by atoms with E-state index in [1.54, 1.807) is 0 Å². The van der Waals surface area contributed by atoms with Crippen LogP contribution in [0.4, 0.5) is 17.1 Å². The van der Waals surface area contributed by atoms with Crippen LogP contribution in [0.15, 0.2) is 213 Å². The topological polar surface area (TPSA) is 42.7 Å². The molecule has 0 N–H and O–H groups in total. The Kier molecular flexibility index (Phi) is 7.20. The van der Waals surface area contributed by atoms with Crippen molar-refractivity contribution in [1.29, 1.82) is 0 Å². The van der Waals surface area contributed by atoms with E-state index in [0.29, 0.717) is 0 Å². The summed E-state index contributed by atoms with van der Waals surface area (Å²) in [5, 5.41) is 6.76. The van der Waals surface area contributed by atoms with Gasteiger partial charge in [0.1, 0.15) is 33.5 Å². The van der Waals surface area contributed by atoms with Gasteiger partial charge in [-0.15, -0.1) is 0 Å². The summed E-state index contributed by atoms with van der Waals surface area (Å²) in [6, 6.07) is 70.6. The lowest BCUT2D eigenvalue weighted by Gasteiger charge is -2.26. The highest BCUT2D eigenvalue weighted by Gasteiger charge is 2.16. The quantitative estimate of drug-likeness (QED) is 0.170. The molecule has 3 aromatic heterocycles. The number of hydrogen-bond acceptors (Lipinski definition) is 4. The zero-order chi connectivity index (χ0) is 38.2. The zero-order valence-corrected chi connectivity index (χ0v) is 31.2. The number of furan rings is 3. The third-order valence-corrected chi connectivity index (χ3v) is 11.5. The summed E-state index contributed by atoms with van der Waals surface area (Å²) < 4.78 is 18.3. The maximum Gasteiger partial charge on any atom is 0.135 e. The predicted molar refractivity (Wildman–Crippen MR) is 239 cm³/mol. The van der Waals surface area contributed by atoms with Crippen molar-refractivity contribution in [3.8, 4) is 33.4 Å². The largest absolute Gasteiger partial charge is 0.456 e. The first-order valence-electron chi connectivity index (χ1n) is 19.6. The highest BCUT2D eigenvalue weighted by atomic mass is 16.3. The average molecular weight is 744 g/mol. The smallest absolute Gasteiger partial charge is 0.135 e. The van der Waals surface area contributed by atoms with E-state index in [9.17, 15) is 0 Å². The molecule has 4 heteroatoms. The molecule has 12 aromatic rings. The number of rotatable bonds is 6. The van der Waals surface area contributed by atoms with Crippen LogP contribution in [-0.2, 0) is 0 Å². The lowest BCUT2D eigenvalue weighted by atomic mass is 10.0. The standard InChI is InChI=1S/C54H33NO3/c1-4-10-49-43(7-1)46-31-37(19-28-52(46)56-49)34-13-22-40(23-14-34)55(41-24-15-35(16-25-41)38-20-29-53-47(32-38)44-8-2-5-11-50(44)57-53)42-26-17-36(18-27-42)39-21-30-54-48(33-39)45-9-3-6-12-51(45)58-54/h1-33H. The van der Waals surface area contributed by atoms with Gasteiger partial charge in [0.15, 0.2) is 0 Å². The molecule has 0 aliphatic rings. The zero-order valence-electron chi connectivity index (χ0n) is 31.2. The number of nitrogens with zero attached hydrogens (tertiary/aromatic N) is 1. The van der Waals surface area contributed by atoms with Crippen molar-refractivity contribution in [2.24, 2.45) is 0 Å². The molecule has 4 nitrogen and oxygen atoms in total. The Morgan fingerprint density at radius 3 is 0.793 bits per heavy atom.